The van der Waals surface area contributed by atoms with Crippen LogP contribution in [0.4, 0.5) is 18.9 Å². The van der Waals surface area contributed by atoms with Gasteiger partial charge in [-0.1, -0.05) is 0 Å². The van der Waals surface area contributed by atoms with Crippen LogP contribution in [0.1, 0.15) is 26.3 Å². The van der Waals surface area contributed by atoms with E-state index in [0.717, 1.165) is 18.3 Å². The summed E-state index contributed by atoms with van der Waals surface area (Å²) in [5, 5.41) is 0. The quantitative estimate of drug-likeness (QED) is 0.608. The Bertz CT molecular complexity index is 470. The van der Waals surface area contributed by atoms with E-state index in [1.165, 1.54) is 12.1 Å². The molecule has 1 aromatic rings. The summed E-state index contributed by atoms with van der Waals surface area (Å²) in [6.07, 6.45) is -3.44. The Kier molecular flexibility index (Phi) is 4.34. The first-order valence-corrected chi connectivity index (χ1v) is 5.52. The predicted molar refractivity (Wildman–Crippen MR) is 65.4 cm³/mol. The van der Waals surface area contributed by atoms with Crippen LogP contribution in [-0.2, 0) is 15.7 Å². The third kappa shape index (κ3) is 5.54. The van der Waals surface area contributed by atoms with Crippen LogP contribution in [0.25, 0.3) is 0 Å². The van der Waals surface area contributed by atoms with Crippen molar-refractivity contribution in [2.75, 3.05) is 0 Å². The Labute approximate surface area is 109 Å². The number of ether oxygens (including phenoxy) is 1. The van der Waals surface area contributed by atoms with E-state index in [0.29, 0.717) is 0 Å². The van der Waals surface area contributed by atoms with Crippen LogP contribution in [0.5, 0.6) is 0 Å². The SMILES string of the molecule is CC(C)(C)OC(=O)C=Nc1ccc(C(F)(F)F)cc1. The number of halogens is 3. The molecule has 19 heavy (non-hydrogen) atoms. The standard InChI is InChI=1S/C13H14F3NO2/c1-12(2,3)19-11(18)8-17-10-6-4-9(5-7-10)13(14,15)16/h4-8H,1-3H3. The molecule has 0 aliphatic rings. The summed E-state index contributed by atoms with van der Waals surface area (Å²) in [6, 6.07) is 4.18. The molecule has 0 fully saturated rings. The normalized spacial score (nSPS) is 12.7. The van der Waals surface area contributed by atoms with Gasteiger partial charge in [0, 0.05) is 0 Å². The van der Waals surface area contributed by atoms with Gasteiger partial charge in [-0.3, -0.25) is 0 Å². The number of rotatable bonds is 2. The summed E-state index contributed by atoms with van der Waals surface area (Å²) < 4.78 is 41.9. The van der Waals surface area contributed by atoms with Crippen molar-refractivity contribution in [3.8, 4) is 0 Å². The summed E-state index contributed by atoms with van der Waals surface area (Å²) in [5.41, 5.74) is -1.15. The molecule has 0 bridgehead atoms. The number of hydrogen-bond acceptors (Lipinski definition) is 3. The smallest absolute Gasteiger partial charge is 0.416 e. The molecule has 0 atom stereocenters. The molecule has 0 spiro atoms. The molecule has 6 heteroatoms. The molecule has 0 aliphatic carbocycles. The van der Waals surface area contributed by atoms with E-state index in [2.05, 4.69) is 4.99 Å². The maximum absolute atomic E-state index is 12.3. The number of aliphatic imine (C=N–C) groups is 1. The zero-order valence-electron chi connectivity index (χ0n) is 10.8. The van der Waals surface area contributed by atoms with Gasteiger partial charge in [0.05, 0.1) is 11.3 Å². The lowest BCUT2D eigenvalue weighted by atomic mass is 10.2. The second kappa shape index (κ2) is 5.42. The summed E-state index contributed by atoms with van der Waals surface area (Å²) in [5.74, 6) is -0.646. The fraction of sp³-hybridized carbons (Fsp3) is 0.385. The van der Waals surface area contributed by atoms with Crippen molar-refractivity contribution < 1.29 is 22.7 Å². The molecule has 0 aromatic heterocycles. The third-order valence-electron chi connectivity index (χ3n) is 1.92. The fourth-order valence-electron chi connectivity index (χ4n) is 1.19. The topological polar surface area (TPSA) is 38.7 Å². The average Bonchev–Trinajstić information content (AvgIpc) is 2.23. The molecule has 0 heterocycles. The van der Waals surface area contributed by atoms with Crippen molar-refractivity contribution in [1.82, 2.24) is 0 Å². The molecule has 0 aliphatic heterocycles. The molecule has 0 radical (unpaired) electrons. The zero-order chi connectivity index (χ0) is 14.7. The van der Waals surface area contributed by atoms with Gasteiger partial charge in [-0.05, 0) is 45.0 Å². The second-order valence-corrected chi connectivity index (χ2v) is 4.84. The molecule has 104 valence electrons. The third-order valence-corrected chi connectivity index (χ3v) is 1.92. The van der Waals surface area contributed by atoms with E-state index in [-0.39, 0.29) is 5.69 Å². The summed E-state index contributed by atoms with van der Waals surface area (Å²) in [6.45, 7) is 5.12. The van der Waals surface area contributed by atoms with Crippen LogP contribution in [0, 0.1) is 0 Å². The number of carbonyl (C=O) groups excluding carboxylic acids is 1. The van der Waals surface area contributed by atoms with Gasteiger partial charge in [0.15, 0.2) is 0 Å². The minimum atomic E-state index is -4.38. The summed E-state index contributed by atoms with van der Waals surface area (Å²) >= 11 is 0. The predicted octanol–water partition coefficient (Wildman–Crippen LogP) is 3.75. The van der Waals surface area contributed by atoms with Crippen LogP contribution in [0.3, 0.4) is 0 Å². The number of esters is 1. The maximum Gasteiger partial charge on any atom is 0.416 e. The fourth-order valence-corrected chi connectivity index (χ4v) is 1.19. The Morgan fingerprint density at radius 2 is 1.68 bits per heavy atom. The number of alkyl halides is 3. The highest BCUT2D eigenvalue weighted by Gasteiger charge is 2.29. The summed E-state index contributed by atoms with van der Waals surface area (Å²) in [7, 11) is 0. The van der Waals surface area contributed by atoms with Gasteiger partial charge in [0.2, 0.25) is 0 Å². The molecule has 1 aromatic carbocycles. The van der Waals surface area contributed by atoms with Gasteiger partial charge in [-0.25, -0.2) is 9.79 Å². The van der Waals surface area contributed by atoms with Gasteiger partial charge >= 0.3 is 12.1 Å². The van der Waals surface area contributed by atoms with Crippen molar-refractivity contribution in [2.45, 2.75) is 32.5 Å². The average molecular weight is 273 g/mol. The Morgan fingerprint density at radius 1 is 1.16 bits per heavy atom. The Hall–Kier alpha value is -1.85. The van der Waals surface area contributed by atoms with E-state index in [1.54, 1.807) is 20.8 Å². The maximum atomic E-state index is 12.3. The van der Waals surface area contributed by atoms with E-state index < -0.39 is 23.3 Å². The number of hydrogen-bond donors (Lipinski definition) is 0. The van der Waals surface area contributed by atoms with Gasteiger partial charge in [-0.15, -0.1) is 0 Å². The first kappa shape index (κ1) is 15.2. The van der Waals surface area contributed by atoms with Crippen molar-refractivity contribution in [2.24, 2.45) is 4.99 Å². The molecule has 0 N–H and O–H groups in total. The highest BCUT2D eigenvalue weighted by molar-refractivity contribution is 6.23. The molecule has 0 saturated carbocycles. The highest BCUT2D eigenvalue weighted by Crippen LogP contribution is 2.30. The van der Waals surface area contributed by atoms with E-state index in [4.69, 9.17) is 4.74 Å². The first-order valence-electron chi connectivity index (χ1n) is 5.52. The number of nitrogens with zero attached hydrogens (tertiary/aromatic N) is 1. The van der Waals surface area contributed by atoms with Crippen molar-refractivity contribution in [1.29, 1.82) is 0 Å². The van der Waals surface area contributed by atoms with E-state index in [9.17, 15) is 18.0 Å². The van der Waals surface area contributed by atoms with Crippen LogP contribution in [-0.4, -0.2) is 17.8 Å². The largest absolute Gasteiger partial charge is 0.456 e. The van der Waals surface area contributed by atoms with Gasteiger partial charge < -0.3 is 4.74 Å². The van der Waals surface area contributed by atoms with Crippen molar-refractivity contribution in [3.05, 3.63) is 29.8 Å². The molecule has 3 nitrogen and oxygen atoms in total. The molecule has 1 rings (SSSR count). The van der Waals surface area contributed by atoms with E-state index in [1.807, 2.05) is 0 Å². The van der Waals surface area contributed by atoms with Crippen molar-refractivity contribution >= 4 is 17.9 Å². The van der Waals surface area contributed by atoms with Crippen LogP contribution in [0.15, 0.2) is 29.3 Å². The summed E-state index contributed by atoms with van der Waals surface area (Å²) in [4.78, 5) is 15.1. The molecule has 0 saturated heterocycles. The highest BCUT2D eigenvalue weighted by atomic mass is 19.4. The number of carbonyl (C=O) groups is 1. The molecule has 0 amide bonds. The first-order chi connectivity index (χ1) is 8.58. The van der Waals surface area contributed by atoms with Gasteiger partial charge in [-0.2, -0.15) is 13.2 Å². The lowest BCUT2D eigenvalue weighted by Gasteiger charge is -2.17. The minimum absolute atomic E-state index is 0.249. The van der Waals surface area contributed by atoms with Crippen LogP contribution >= 0.6 is 0 Å². The Morgan fingerprint density at radius 3 is 2.11 bits per heavy atom. The zero-order valence-corrected chi connectivity index (χ0v) is 10.8. The minimum Gasteiger partial charge on any atom is -0.456 e. The van der Waals surface area contributed by atoms with E-state index >= 15 is 0 Å². The molecule has 0 unspecified atom stereocenters. The van der Waals surface area contributed by atoms with Gasteiger partial charge in [0.1, 0.15) is 11.8 Å². The lowest BCUT2D eigenvalue weighted by molar-refractivity contribution is -0.145. The second-order valence-electron chi connectivity index (χ2n) is 4.84. The lowest BCUT2D eigenvalue weighted by Crippen LogP contribution is -2.24. The van der Waals surface area contributed by atoms with Crippen LogP contribution < -0.4 is 0 Å². The molecular weight excluding hydrogens is 259 g/mol. The Balaban J connectivity index is 2.71. The number of benzene rings is 1. The monoisotopic (exact) mass is 273 g/mol. The molecular formula is C13H14F3NO2. The van der Waals surface area contributed by atoms with Crippen molar-refractivity contribution in [3.63, 3.8) is 0 Å². The van der Waals surface area contributed by atoms with Crippen LogP contribution in [0.2, 0.25) is 0 Å². The van der Waals surface area contributed by atoms with Gasteiger partial charge in [0.25, 0.3) is 0 Å².